The average molecular weight is 472 g/mol. The third-order valence-corrected chi connectivity index (χ3v) is 7.82. The van der Waals surface area contributed by atoms with Gasteiger partial charge in [0, 0.05) is 18.8 Å². The van der Waals surface area contributed by atoms with E-state index in [1.807, 2.05) is 32.0 Å². The first-order chi connectivity index (χ1) is 15.5. The van der Waals surface area contributed by atoms with Gasteiger partial charge < -0.3 is 5.32 Å². The lowest BCUT2D eigenvalue weighted by Gasteiger charge is -2.47. The third kappa shape index (κ3) is 5.12. The Morgan fingerprint density at radius 2 is 1.79 bits per heavy atom. The molecule has 0 aromatic heterocycles. The number of carbonyl (C=O) groups excluding carboxylic acids is 2. The maximum absolute atomic E-state index is 13.5. The van der Waals surface area contributed by atoms with Crippen LogP contribution in [0.2, 0.25) is 0 Å². The maximum Gasteiger partial charge on any atom is 0.247 e. The van der Waals surface area contributed by atoms with Crippen LogP contribution >= 0.6 is 0 Å². The van der Waals surface area contributed by atoms with Crippen LogP contribution in [0.5, 0.6) is 0 Å². The van der Waals surface area contributed by atoms with Crippen molar-refractivity contribution in [2.24, 2.45) is 5.92 Å². The Labute approximate surface area is 196 Å². The molecule has 1 fully saturated rings. The molecule has 7 nitrogen and oxygen atoms in total. The highest BCUT2D eigenvalue weighted by atomic mass is 32.2. The normalized spacial score (nSPS) is 19.7. The van der Waals surface area contributed by atoms with Crippen molar-refractivity contribution in [3.05, 3.63) is 59.7 Å². The van der Waals surface area contributed by atoms with Gasteiger partial charge in [-0.1, -0.05) is 49.7 Å². The first-order valence-electron chi connectivity index (χ1n) is 11.2. The molecule has 3 rings (SSSR count). The molecule has 2 aromatic rings. The van der Waals surface area contributed by atoms with Crippen LogP contribution in [0, 0.1) is 19.8 Å². The summed E-state index contributed by atoms with van der Waals surface area (Å²) in [7, 11) is -3.95. The van der Waals surface area contributed by atoms with Crippen LogP contribution in [0.15, 0.2) is 53.4 Å². The zero-order chi connectivity index (χ0) is 24.4. The van der Waals surface area contributed by atoms with Crippen LogP contribution in [0.25, 0.3) is 0 Å². The van der Waals surface area contributed by atoms with E-state index in [4.69, 9.17) is 0 Å². The Morgan fingerprint density at radius 3 is 2.39 bits per heavy atom. The Morgan fingerprint density at radius 1 is 1.12 bits per heavy atom. The van der Waals surface area contributed by atoms with Crippen molar-refractivity contribution in [1.29, 1.82) is 0 Å². The van der Waals surface area contributed by atoms with Crippen molar-refractivity contribution >= 4 is 27.5 Å². The Balaban J connectivity index is 2.04. The number of sulfonamides is 1. The van der Waals surface area contributed by atoms with Gasteiger partial charge in [0.2, 0.25) is 21.8 Å². The fraction of sp³-hybridized carbons (Fsp3) is 0.440. The number of anilines is 1. The molecule has 1 heterocycles. The largest absolute Gasteiger partial charge is 0.354 e. The maximum atomic E-state index is 13.5. The molecule has 33 heavy (non-hydrogen) atoms. The number of piperazine rings is 1. The molecule has 2 amide bonds. The van der Waals surface area contributed by atoms with Gasteiger partial charge in [-0.2, -0.15) is 4.31 Å². The minimum absolute atomic E-state index is 0.0975. The molecule has 0 radical (unpaired) electrons. The molecule has 8 heteroatoms. The second-order valence-corrected chi connectivity index (χ2v) is 11.3. The molecular formula is C25H33N3O4S. The number of nitrogens with zero attached hydrogens (tertiary/aromatic N) is 2. The standard InChI is InChI=1S/C25H33N3O4S/c1-18(2)13-14-26-24(30)25(5)17-27(33(31,32)21-9-7-6-8-10-21)16-23(29)28(25)22-12-11-19(3)15-20(22)4/h6-12,15,18H,13-14,16-17H2,1-5H3,(H,26,30)/t25-/m1/s1. The molecule has 0 spiro atoms. The van der Waals surface area contributed by atoms with Gasteiger partial charge in [0.15, 0.2) is 0 Å². The van der Waals surface area contributed by atoms with Crippen molar-refractivity contribution in [1.82, 2.24) is 9.62 Å². The Kier molecular flexibility index (Phi) is 7.29. The minimum Gasteiger partial charge on any atom is -0.354 e. The van der Waals surface area contributed by atoms with E-state index in [1.54, 1.807) is 25.1 Å². The van der Waals surface area contributed by atoms with Gasteiger partial charge in [0.25, 0.3) is 0 Å². The molecule has 1 aliphatic rings. The van der Waals surface area contributed by atoms with Crippen LogP contribution in [0.1, 0.15) is 38.3 Å². The summed E-state index contributed by atoms with van der Waals surface area (Å²) in [5.41, 5.74) is 1.10. The molecule has 0 saturated carbocycles. The first kappa shape index (κ1) is 24.9. The first-order valence-corrected chi connectivity index (χ1v) is 12.6. The number of aryl methyl sites for hydroxylation is 2. The van der Waals surface area contributed by atoms with E-state index < -0.39 is 21.5 Å². The molecule has 0 unspecified atom stereocenters. The molecule has 0 aliphatic carbocycles. The second-order valence-electron chi connectivity index (χ2n) is 9.32. The molecule has 2 aromatic carbocycles. The number of nitrogens with one attached hydrogen (secondary N) is 1. The highest BCUT2D eigenvalue weighted by Crippen LogP contribution is 2.34. The van der Waals surface area contributed by atoms with E-state index in [2.05, 4.69) is 19.2 Å². The summed E-state index contributed by atoms with van der Waals surface area (Å²) in [5, 5.41) is 2.93. The Hall–Kier alpha value is -2.71. The fourth-order valence-electron chi connectivity index (χ4n) is 4.17. The van der Waals surface area contributed by atoms with Crippen molar-refractivity contribution in [2.45, 2.75) is 51.5 Å². The summed E-state index contributed by atoms with van der Waals surface area (Å²) < 4.78 is 27.8. The van der Waals surface area contributed by atoms with Crippen molar-refractivity contribution in [2.75, 3.05) is 24.5 Å². The van der Waals surface area contributed by atoms with Crippen LogP contribution in [-0.2, 0) is 19.6 Å². The monoisotopic (exact) mass is 471 g/mol. The van der Waals surface area contributed by atoms with Crippen molar-refractivity contribution in [3.8, 4) is 0 Å². The fourth-order valence-corrected chi connectivity index (χ4v) is 5.67. The number of amides is 2. The van der Waals surface area contributed by atoms with E-state index in [0.717, 1.165) is 21.9 Å². The number of rotatable bonds is 7. The topological polar surface area (TPSA) is 86.8 Å². The summed E-state index contributed by atoms with van der Waals surface area (Å²) >= 11 is 0. The summed E-state index contributed by atoms with van der Waals surface area (Å²) in [4.78, 5) is 28.5. The molecule has 0 bridgehead atoms. The van der Waals surface area contributed by atoms with Crippen molar-refractivity contribution < 1.29 is 18.0 Å². The predicted octanol–water partition coefficient (Wildman–Crippen LogP) is 3.26. The van der Waals surface area contributed by atoms with E-state index in [0.29, 0.717) is 18.2 Å². The minimum atomic E-state index is -3.95. The van der Waals surface area contributed by atoms with Gasteiger partial charge in [-0.3, -0.25) is 14.5 Å². The lowest BCUT2D eigenvalue weighted by atomic mass is 9.93. The van der Waals surface area contributed by atoms with Gasteiger partial charge in [0.1, 0.15) is 5.54 Å². The van der Waals surface area contributed by atoms with Gasteiger partial charge in [-0.15, -0.1) is 0 Å². The number of hydrogen-bond acceptors (Lipinski definition) is 4. The summed E-state index contributed by atoms with van der Waals surface area (Å²) in [6, 6.07) is 13.7. The van der Waals surface area contributed by atoms with Crippen LogP contribution in [0.4, 0.5) is 5.69 Å². The van der Waals surface area contributed by atoms with Crippen LogP contribution in [0.3, 0.4) is 0 Å². The summed E-state index contributed by atoms with van der Waals surface area (Å²) in [6.45, 7) is 9.59. The van der Waals surface area contributed by atoms with Crippen molar-refractivity contribution in [3.63, 3.8) is 0 Å². The zero-order valence-electron chi connectivity index (χ0n) is 20.0. The van der Waals surface area contributed by atoms with E-state index >= 15 is 0 Å². The average Bonchev–Trinajstić information content (AvgIpc) is 2.75. The molecule has 1 N–H and O–H groups in total. The van der Waals surface area contributed by atoms with E-state index in [-0.39, 0.29) is 23.9 Å². The van der Waals surface area contributed by atoms with Crippen LogP contribution in [-0.4, -0.2) is 49.7 Å². The molecule has 1 atom stereocenters. The zero-order valence-corrected chi connectivity index (χ0v) is 20.8. The molecule has 1 aliphatic heterocycles. The number of hydrogen-bond donors (Lipinski definition) is 1. The lowest BCUT2D eigenvalue weighted by molar-refractivity contribution is -0.132. The summed E-state index contributed by atoms with van der Waals surface area (Å²) in [5.74, 6) is -0.407. The SMILES string of the molecule is Cc1ccc(N2C(=O)CN(S(=O)(=O)c3ccccc3)C[C@]2(C)C(=O)NCCC(C)C)c(C)c1. The lowest BCUT2D eigenvalue weighted by Crippen LogP contribution is -2.70. The highest BCUT2D eigenvalue weighted by molar-refractivity contribution is 7.89. The van der Waals surface area contributed by atoms with Gasteiger partial charge in [0.05, 0.1) is 11.4 Å². The Bertz CT molecular complexity index is 1130. The molecule has 178 valence electrons. The van der Waals surface area contributed by atoms with Crippen LogP contribution < -0.4 is 10.2 Å². The second kappa shape index (κ2) is 9.65. The number of benzene rings is 2. The summed E-state index contributed by atoms with van der Waals surface area (Å²) in [6.07, 6.45) is 0.783. The van der Waals surface area contributed by atoms with E-state index in [9.17, 15) is 18.0 Å². The smallest absolute Gasteiger partial charge is 0.247 e. The quantitative estimate of drug-likeness (QED) is 0.672. The third-order valence-electron chi connectivity index (χ3n) is 6.01. The number of carbonyl (C=O) groups is 2. The predicted molar refractivity (Wildman–Crippen MR) is 129 cm³/mol. The molecular weight excluding hydrogens is 438 g/mol. The van der Waals surface area contributed by atoms with Gasteiger partial charge in [-0.05, 0) is 56.9 Å². The van der Waals surface area contributed by atoms with E-state index in [1.165, 1.54) is 17.0 Å². The van der Waals surface area contributed by atoms with Gasteiger partial charge >= 0.3 is 0 Å². The van der Waals surface area contributed by atoms with Gasteiger partial charge in [-0.25, -0.2) is 8.42 Å². The highest BCUT2D eigenvalue weighted by Gasteiger charge is 2.51. The molecule has 1 saturated heterocycles.